The van der Waals surface area contributed by atoms with Crippen LogP contribution in [0.3, 0.4) is 0 Å². The molecule has 3 rings (SSSR count). The highest BCUT2D eigenvalue weighted by molar-refractivity contribution is 6.47. The van der Waals surface area contributed by atoms with Crippen molar-refractivity contribution in [3.63, 3.8) is 0 Å². The molecule has 1 atom stereocenters. The predicted octanol–water partition coefficient (Wildman–Crippen LogP) is 0.382. The third-order valence-corrected chi connectivity index (χ3v) is 4.63. The number of nitrogens with two attached hydrogens (primary N) is 1. The van der Waals surface area contributed by atoms with Gasteiger partial charge in [-0.2, -0.15) is 15.4 Å². The highest BCUT2D eigenvalue weighted by atomic mass is 16.5. The third-order valence-electron chi connectivity index (χ3n) is 4.63. The van der Waals surface area contributed by atoms with Crippen molar-refractivity contribution < 1.29 is 24.4 Å². The molecule has 1 aliphatic rings. The van der Waals surface area contributed by atoms with Gasteiger partial charge in [0.05, 0.1) is 23.4 Å². The Bertz CT molecular complexity index is 840. The first-order chi connectivity index (χ1) is 13.0. The second-order valence-corrected chi connectivity index (χ2v) is 6.60. The number of aromatic nitrogens is 3. The maximum Gasteiger partial charge on any atom is 0.526 e. The van der Waals surface area contributed by atoms with E-state index in [0.717, 1.165) is 12.1 Å². The van der Waals surface area contributed by atoms with Crippen molar-refractivity contribution >= 4 is 18.9 Å². The van der Waals surface area contributed by atoms with Crippen LogP contribution in [0.15, 0.2) is 18.2 Å². The number of carboxylic acids is 1. The van der Waals surface area contributed by atoms with Crippen LogP contribution in [0, 0.1) is 0 Å². The van der Waals surface area contributed by atoms with E-state index in [1.807, 2.05) is 0 Å². The standard InChI is InChI=1S/C17H21BN4O5/c19-6-2-5-14-15(21-22-20-14)9-12(23)8-11-7-10-3-1-4-13(17(24)25)16(10)27-18(11)26/h1,3-4,11,26H,2,5-9,19H2,(H,24,25)(H,20,21,22)/t11-/m1/s1. The molecule has 10 heteroatoms. The lowest BCUT2D eigenvalue weighted by atomic mass is 9.64. The molecule has 1 aliphatic heterocycles. The molecule has 2 aromatic rings. The van der Waals surface area contributed by atoms with E-state index in [2.05, 4.69) is 15.4 Å². The van der Waals surface area contributed by atoms with Gasteiger partial charge in [-0.05, 0) is 37.4 Å². The van der Waals surface area contributed by atoms with Crippen LogP contribution in [-0.4, -0.2) is 51.0 Å². The number of Topliss-reactive ketones (excluding diaryl/α,β-unsaturated/α-hetero) is 1. The maximum absolute atomic E-state index is 12.5. The molecule has 0 bridgehead atoms. The highest BCUT2D eigenvalue weighted by Crippen LogP contribution is 2.36. The summed E-state index contributed by atoms with van der Waals surface area (Å²) in [5.74, 6) is -1.50. The van der Waals surface area contributed by atoms with Gasteiger partial charge in [0.15, 0.2) is 0 Å². The lowest BCUT2D eigenvalue weighted by Crippen LogP contribution is -2.36. The SMILES string of the molecule is NCCCc1n[nH]nc1CC(=O)C[C@H]1Cc2cccc(C(=O)O)c2OB1O. The minimum Gasteiger partial charge on any atom is -0.535 e. The molecule has 0 saturated heterocycles. The molecule has 9 nitrogen and oxygen atoms in total. The first-order valence-corrected chi connectivity index (χ1v) is 8.79. The van der Waals surface area contributed by atoms with Gasteiger partial charge < -0.3 is 20.5 Å². The molecule has 0 saturated carbocycles. The van der Waals surface area contributed by atoms with E-state index in [-0.39, 0.29) is 29.9 Å². The van der Waals surface area contributed by atoms with E-state index in [1.54, 1.807) is 12.1 Å². The number of carbonyl (C=O) groups is 2. The average Bonchev–Trinajstić information content (AvgIpc) is 3.06. The van der Waals surface area contributed by atoms with Gasteiger partial charge in [0.2, 0.25) is 0 Å². The van der Waals surface area contributed by atoms with Crippen molar-refractivity contribution in [2.24, 2.45) is 5.73 Å². The van der Waals surface area contributed by atoms with Gasteiger partial charge in [-0.1, -0.05) is 12.1 Å². The molecule has 142 valence electrons. The Labute approximate surface area is 156 Å². The number of aromatic carboxylic acids is 1. The molecule has 0 spiro atoms. The molecule has 1 aromatic heterocycles. The fraction of sp³-hybridized carbons (Fsp3) is 0.412. The summed E-state index contributed by atoms with van der Waals surface area (Å²) in [4.78, 5) is 23.8. The fourth-order valence-electron chi connectivity index (χ4n) is 3.26. The highest BCUT2D eigenvalue weighted by Gasteiger charge is 2.37. The van der Waals surface area contributed by atoms with Gasteiger partial charge in [-0.3, -0.25) is 4.79 Å². The molecule has 0 fully saturated rings. The van der Waals surface area contributed by atoms with Crippen LogP contribution < -0.4 is 10.4 Å². The summed E-state index contributed by atoms with van der Waals surface area (Å²) in [6, 6.07) is 4.79. The van der Waals surface area contributed by atoms with Crippen molar-refractivity contribution in [2.45, 2.75) is 37.9 Å². The topological polar surface area (TPSA) is 151 Å². The first kappa shape index (κ1) is 19.1. The third kappa shape index (κ3) is 4.34. The Morgan fingerprint density at radius 1 is 1.33 bits per heavy atom. The number of carbonyl (C=O) groups excluding carboxylic acids is 1. The number of fused-ring (bicyclic) bond motifs is 1. The molecule has 0 amide bonds. The van der Waals surface area contributed by atoms with Gasteiger partial charge in [-0.15, -0.1) is 0 Å². The van der Waals surface area contributed by atoms with Crippen LogP contribution in [0.2, 0.25) is 5.82 Å². The lowest BCUT2D eigenvalue weighted by molar-refractivity contribution is -0.118. The summed E-state index contributed by atoms with van der Waals surface area (Å²) < 4.78 is 5.42. The van der Waals surface area contributed by atoms with E-state index >= 15 is 0 Å². The largest absolute Gasteiger partial charge is 0.535 e. The van der Waals surface area contributed by atoms with Gasteiger partial charge >= 0.3 is 13.1 Å². The Kier molecular flexibility index (Phi) is 5.87. The molecule has 1 aromatic carbocycles. The Balaban J connectivity index is 1.66. The van der Waals surface area contributed by atoms with Crippen molar-refractivity contribution in [1.29, 1.82) is 0 Å². The summed E-state index contributed by atoms with van der Waals surface area (Å²) in [6.45, 7) is 0.531. The van der Waals surface area contributed by atoms with Crippen LogP contribution in [0.1, 0.15) is 40.2 Å². The van der Waals surface area contributed by atoms with Crippen molar-refractivity contribution in [3.8, 4) is 5.75 Å². The van der Waals surface area contributed by atoms with Gasteiger partial charge in [0.25, 0.3) is 0 Å². The van der Waals surface area contributed by atoms with E-state index in [1.165, 1.54) is 6.07 Å². The van der Waals surface area contributed by atoms with Crippen LogP contribution in [0.4, 0.5) is 0 Å². The number of benzene rings is 1. The lowest BCUT2D eigenvalue weighted by Gasteiger charge is -2.27. The quantitative estimate of drug-likeness (QED) is 0.486. The zero-order valence-corrected chi connectivity index (χ0v) is 14.7. The number of hydrogen-bond acceptors (Lipinski definition) is 7. The number of nitrogens with zero attached hydrogens (tertiary/aromatic N) is 2. The molecular formula is C17H21BN4O5. The number of aromatic amines is 1. The minimum atomic E-state index is -1.24. The number of nitrogens with one attached hydrogen (secondary N) is 1. The summed E-state index contributed by atoms with van der Waals surface area (Å²) in [6.07, 6.45) is 1.98. The zero-order valence-electron chi connectivity index (χ0n) is 14.7. The van der Waals surface area contributed by atoms with Crippen molar-refractivity contribution in [2.75, 3.05) is 6.54 Å². The van der Waals surface area contributed by atoms with Gasteiger partial charge in [0.1, 0.15) is 11.5 Å². The number of H-pyrrole nitrogens is 1. The number of rotatable bonds is 8. The predicted molar refractivity (Wildman–Crippen MR) is 96.5 cm³/mol. The molecule has 5 N–H and O–H groups in total. The average molecular weight is 372 g/mol. The summed E-state index contributed by atoms with van der Waals surface area (Å²) in [7, 11) is -1.24. The van der Waals surface area contributed by atoms with E-state index in [9.17, 15) is 19.7 Å². The minimum absolute atomic E-state index is 0.00321. The summed E-state index contributed by atoms with van der Waals surface area (Å²) in [5, 5.41) is 30.1. The van der Waals surface area contributed by atoms with Crippen molar-refractivity contribution in [3.05, 3.63) is 40.7 Å². The Hall–Kier alpha value is -2.72. The van der Waals surface area contributed by atoms with Crippen LogP contribution in [0.5, 0.6) is 5.75 Å². The fourth-order valence-corrected chi connectivity index (χ4v) is 3.26. The number of carboxylic acid groups (broad SMARTS) is 1. The first-order valence-electron chi connectivity index (χ1n) is 8.79. The van der Waals surface area contributed by atoms with Crippen molar-refractivity contribution in [1.82, 2.24) is 15.4 Å². The number of ketones is 1. The van der Waals surface area contributed by atoms with E-state index in [0.29, 0.717) is 30.6 Å². The normalized spacial score (nSPS) is 15.9. The van der Waals surface area contributed by atoms with E-state index in [4.69, 9.17) is 10.4 Å². The zero-order chi connectivity index (χ0) is 19.4. The van der Waals surface area contributed by atoms with Crippen LogP contribution >= 0.6 is 0 Å². The Morgan fingerprint density at radius 3 is 2.85 bits per heavy atom. The number of para-hydroxylation sites is 1. The molecular weight excluding hydrogens is 351 g/mol. The number of hydrogen-bond donors (Lipinski definition) is 4. The van der Waals surface area contributed by atoms with E-state index < -0.39 is 18.9 Å². The second-order valence-electron chi connectivity index (χ2n) is 6.60. The molecule has 27 heavy (non-hydrogen) atoms. The number of aryl methyl sites for hydroxylation is 1. The summed E-state index contributed by atoms with van der Waals surface area (Å²) >= 11 is 0. The molecule has 0 unspecified atom stereocenters. The van der Waals surface area contributed by atoms with Crippen LogP contribution in [0.25, 0.3) is 0 Å². The maximum atomic E-state index is 12.5. The van der Waals surface area contributed by atoms with Gasteiger partial charge in [-0.25, -0.2) is 4.79 Å². The smallest absolute Gasteiger partial charge is 0.526 e. The second kappa shape index (κ2) is 8.32. The molecule has 0 radical (unpaired) electrons. The monoisotopic (exact) mass is 372 g/mol. The molecule has 2 heterocycles. The van der Waals surface area contributed by atoms with Gasteiger partial charge in [0, 0.05) is 12.2 Å². The van der Waals surface area contributed by atoms with Crippen LogP contribution in [-0.2, 0) is 24.1 Å². The Morgan fingerprint density at radius 2 is 2.11 bits per heavy atom. The summed E-state index contributed by atoms with van der Waals surface area (Å²) in [5.41, 5.74) is 7.49. The molecule has 0 aliphatic carbocycles.